The van der Waals surface area contributed by atoms with Crippen LogP contribution in [0.5, 0.6) is 0 Å². The Balaban J connectivity index is 0. The molecule has 13 heavy (non-hydrogen) atoms. The molecule has 0 aromatic carbocycles. The van der Waals surface area contributed by atoms with Crippen LogP contribution in [0.1, 0.15) is 32.6 Å². The summed E-state index contributed by atoms with van der Waals surface area (Å²) in [4.78, 5) is 0. The lowest BCUT2D eigenvalue weighted by Gasteiger charge is -1.97. The van der Waals surface area contributed by atoms with Gasteiger partial charge in [-0.25, -0.2) is 0 Å². The fraction of sp³-hybridized carbons (Fsp3) is 0.800. The second-order valence-corrected chi connectivity index (χ2v) is 2.55. The zero-order valence-corrected chi connectivity index (χ0v) is 8.54. The van der Waals surface area contributed by atoms with Crippen molar-refractivity contribution in [3.63, 3.8) is 0 Å². The molecule has 0 spiro atoms. The van der Waals surface area contributed by atoms with E-state index in [1.54, 1.807) is 0 Å². The van der Waals surface area contributed by atoms with Crippen molar-refractivity contribution in [2.75, 3.05) is 19.8 Å². The molecule has 3 heteroatoms. The van der Waals surface area contributed by atoms with E-state index in [0.29, 0.717) is 0 Å². The van der Waals surface area contributed by atoms with Gasteiger partial charge in [0.1, 0.15) is 0 Å². The van der Waals surface area contributed by atoms with Crippen LogP contribution in [0, 0.1) is 0 Å². The van der Waals surface area contributed by atoms with Gasteiger partial charge in [-0.05, 0) is 6.42 Å². The van der Waals surface area contributed by atoms with Crippen molar-refractivity contribution < 1.29 is 14.9 Å². The second-order valence-electron chi connectivity index (χ2n) is 2.55. The first-order valence-corrected chi connectivity index (χ1v) is 4.77. The van der Waals surface area contributed by atoms with Gasteiger partial charge in [0.05, 0.1) is 26.1 Å². The number of ether oxygens (including phenoxy) is 1. The molecule has 0 aromatic heterocycles. The molecule has 0 heterocycles. The molecule has 0 fully saturated rings. The van der Waals surface area contributed by atoms with E-state index in [-0.39, 0.29) is 13.2 Å². The fourth-order valence-corrected chi connectivity index (χ4v) is 0.696. The highest BCUT2D eigenvalue weighted by molar-refractivity contribution is 4.48. The van der Waals surface area contributed by atoms with Crippen LogP contribution in [0.4, 0.5) is 0 Å². The lowest BCUT2D eigenvalue weighted by molar-refractivity contribution is 0.186. The topological polar surface area (TPSA) is 49.7 Å². The minimum atomic E-state index is -0.125. The number of unbranched alkanes of at least 4 members (excludes halogenated alkanes) is 3. The van der Waals surface area contributed by atoms with Gasteiger partial charge in [0, 0.05) is 0 Å². The molecule has 0 aliphatic heterocycles. The summed E-state index contributed by atoms with van der Waals surface area (Å²) in [5.41, 5.74) is 0. The zero-order chi connectivity index (χ0) is 10.4. The summed E-state index contributed by atoms with van der Waals surface area (Å²) in [5, 5.41) is 15.2. The van der Waals surface area contributed by atoms with Crippen molar-refractivity contribution in [3.05, 3.63) is 12.8 Å². The van der Waals surface area contributed by atoms with Crippen LogP contribution in [0.3, 0.4) is 0 Å². The fourth-order valence-electron chi connectivity index (χ4n) is 0.696. The van der Waals surface area contributed by atoms with Crippen molar-refractivity contribution in [1.82, 2.24) is 0 Å². The summed E-state index contributed by atoms with van der Waals surface area (Å²) < 4.78 is 4.94. The lowest BCUT2D eigenvalue weighted by atomic mass is 10.2. The van der Waals surface area contributed by atoms with Crippen LogP contribution in [0.2, 0.25) is 0 Å². The first kappa shape index (κ1) is 15.0. The average Bonchev–Trinajstić information content (AvgIpc) is 2.18. The number of rotatable bonds is 7. The Morgan fingerprint density at radius 3 is 2.15 bits per heavy atom. The summed E-state index contributed by atoms with van der Waals surface area (Å²) in [6.45, 7) is 6.25. The molecule has 0 saturated carbocycles. The molecule has 0 unspecified atom stereocenters. The molecule has 0 atom stereocenters. The third-order valence-corrected chi connectivity index (χ3v) is 1.33. The summed E-state index contributed by atoms with van der Waals surface area (Å²) in [7, 11) is 0. The minimum absolute atomic E-state index is 0.125. The van der Waals surface area contributed by atoms with Gasteiger partial charge in [-0.1, -0.05) is 32.8 Å². The molecule has 80 valence electrons. The quantitative estimate of drug-likeness (QED) is 0.474. The van der Waals surface area contributed by atoms with Crippen LogP contribution in [0.15, 0.2) is 12.8 Å². The third-order valence-electron chi connectivity index (χ3n) is 1.33. The van der Waals surface area contributed by atoms with E-state index >= 15 is 0 Å². The highest BCUT2D eigenvalue weighted by Crippen LogP contribution is 1.98. The molecular formula is C10H22O3. The molecule has 0 rings (SSSR count). The van der Waals surface area contributed by atoms with Crippen LogP contribution >= 0.6 is 0 Å². The summed E-state index contributed by atoms with van der Waals surface area (Å²) in [6, 6.07) is 0. The Morgan fingerprint density at radius 2 is 1.77 bits per heavy atom. The van der Waals surface area contributed by atoms with Gasteiger partial charge in [-0.3, -0.25) is 0 Å². The number of aliphatic hydroxyl groups excluding tert-OH is 2. The standard InChI is InChI=1S/C8H16O.C2H6O2/c1-3-5-6-7-8-9-4-2;3-1-2-4/h4H,2-3,5-8H2,1H3;3-4H,1-2H2. The Bertz CT molecular complexity index is 82.2. The maximum Gasteiger partial charge on any atom is 0.0873 e. The van der Waals surface area contributed by atoms with E-state index in [9.17, 15) is 0 Å². The summed E-state index contributed by atoms with van der Waals surface area (Å²) in [6.07, 6.45) is 6.56. The van der Waals surface area contributed by atoms with E-state index in [2.05, 4.69) is 13.5 Å². The molecule has 0 bridgehead atoms. The van der Waals surface area contributed by atoms with Crippen LogP contribution in [0.25, 0.3) is 0 Å². The van der Waals surface area contributed by atoms with Gasteiger partial charge >= 0.3 is 0 Å². The van der Waals surface area contributed by atoms with Gasteiger partial charge < -0.3 is 14.9 Å². The maximum atomic E-state index is 7.62. The van der Waals surface area contributed by atoms with E-state index in [0.717, 1.165) is 6.61 Å². The summed E-state index contributed by atoms with van der Waals surface area (Å²) in [5.74, 6) is 0. The zero-order valence-electron chi connectivity index (χ0n) is 8.54. The second kappa shape index (κ2) is 17.5. The first-order valence-electron chi connectivity index (χ1n) is 4.77. The molecule has 0 aliphatic carbocycles. The van der Waals surface area contributed by atoms with Gasteiger partial charge in [-0.15, -0.1) is 0 Å². The molecule has 0 amide bonds. The SMILES string of the molecule is C=COCCCCCC.OCCO. The van der Waals surface area contributed by atoms with Crippen molar-refractivity contribution >= 4 is 0 Å². The van der Waals surface area contributed by atoms with E-state index in [1.807, 2.05) is 0 Å². The summed E-state index contributed by atoms with van der Waals surface area (Å²) >= 11 is 0. The van der Waals surface area contributed by atoms with Gasteiger partial charge in [0.2, 0.25) is 0 Å². The van der Waals surface area contributed by atoms with E-state index in [1.165, 1.54) is 31.9 Å². The molecule has 0 aliphatic rings. The van der Waals surface area contributed by atoms with Crippen LogP contribution < -0.4 is 0 Å². The first-order chi connectivity index (χ1) is 6.33. The number of hydrogen-bond acceptors (Lipinski definition) is 3. The number of aliphatic hydroxyl groups is 2. The largest absolute Gasteiger partial charge is 0.502 e. The monoisotopic (exact) mass is 190 g/mol. The minimum Gasteiger partial charge on any atom is -0.502 e. The maximum absolute atomic E-state index is 7.62. The van der Waals surface area contributed by atoms with Crippen molar-refractivity contribution in [2.24, 2.45) is 0 Å². The van der Waals surface area contributed by atoms with Crippen molar-refractivity contribution in [1.29, 1.82) is 0 Å². The molecule has 0 aromatic rings. The Kier molecular flexibility index (Phi) is 20.2. The van der Waals surface area contributed by atoms with Crippen molar-refractivity contribution in [3.8, 4) is 0 Å². The number of hydrogen-bond donors (Lipinski definition) is 2. The predicted molar refractivity (Wildman–Crippen MR) is 54.5 cm³/mol. The van der Waals surface area contributed by atoms with Gasteiger partial charge in [0.15, 0.2) is 0 Å². The normalized spacial score (nSPS) is 8.54. The van der Waals surface area contributed by atoms with Gasteiger partial charge in [-0.2, -0.15) is 0 Å². The Morgan fingerprint density at radius 1 is 1.15 bits per heavy atom. The molecule has 0 saturated heterocycles. The third kappa shape index (κ3) is 24.6. The average molecular weight is 190 g/mol. The van der Waals surface area contributed by atoms with Crippen LogP contribution in [-0.4, -0.2) is 30.0 Å². The smallest absolute Gasteiger partial charge is 0.0873 e. The lowest BCUT2D eigenvalue weighted by Crippen LogP contribution is -1.86. The molecular weight excluding hydrogens is 168 g/mol. The van der Waals surface area contributed by atoms with E-state index < -0.39 is 0 Å². The Labute approximate surface area is 81.0 Å². The predicted octanol–water partition coefficient (Wildman–Crippen LogP) is 1.70. The Hall–Kier alpha value is -0.540. The molecule has 2 N–H and O–H groups in total. The molecule has 3 nitrogen and oxygen atoms in total. The molecule has 0 radical (unpaired) electrons. The van der Waals surface area contributed by atoms with Gasteiger partial charge in [0.25, 0.3) is 0 Å². The van der Waals surface area contributed by atoms with Crippen LogP contribution in [-0.2, 0) is 4.74 Å². The van der Waals surface area contributed by atoms with E-state index in [4.69, 9.17) is 14.9 Å². The highest BCUT2D eigenvalue weighted by atomic mass is 16.5. The highest BCUT2D eigenvalue weighted by Gasteiger charge is 1.84. The van der Waals surface area contributed by atoms with Crippen molar-refractivity contribution in [2.45, 2.75) is 32.6 Å².